The van der Waals surface area contributed by atoms with E-state index in [4.69, 9.17) is 11.6 Å². The van der Waals surface area contributed by atoms with Gasteiger partial charge in [-0.15, -0.1) is 0 Å². The van der Waals surface area contributed by atoms with Gasteiger partial charge < -0.3 is 9.88 Å². The normalized spacial score (nSPS) is 10.7. The topological polar surface area (TPSA) is 51.1 Å². The number of halogens is 1. The average Bonchev–Trinajstić information content (AvgIpc) is 3.14. The first-order valence-corrected chi connectivity index (χ1v) is 10.8. The number of benzene rings is 3. The van der Waals surface area contributed by atoms with Crippen LogP contribution in [0.5, 0.6) is 0 Å². The van der Waals surface area contributed by atoms with Crippen molar-refractivity contribution in [3.63, 3.8) is 0 Å². The van der Waals surface area contributed by atoms with Gasteiger partial charge in [0, 0.05) is 34.9 Å². The van der Waals surface area contributed by atoms with Crippen LogP contribution in [0.2, 0.25) is 5.02 Å². The van der Waals surface area contributed by atoms with E-state index in [0.717, 1.165) is 16.8 Å². The summed E-state index contributed by atoms with van der Waals surface area (Å²) in [5, 5.41) is 3.58. The van der Waals surface area contributed by atoms with Crippen LogP contribution in [-0.4, -0.2) is 16.3 Å². The SMILES string of the molecule is Cc1c(C(=O)c2ccccc2)cc(C(=O)NCc2cccc(Cl)c2)n1Cc1ccccc1. The molecule has 4 rings (SSSR count). The number of hydrogen-bond acceptors (Lipinski definition) is 2. The van der Waals surface area contributed by atoms with Crippen LogP contribution in [0.4, 0.5) is 0 Å². The Morgan fingerprint density at radius 3 is 2.19 bits per heavy atom. The fourth-order valence-corrected chi connectivity index (χ4v) is 3.91. The highest BCUT2D eigenvalue weighted by molar-refractivity contribution is 6.30. The fourth-order valence-electron chi connectivity index (χ4n) is 3.70. The van der Waals surface area contributed by atoms with Gasteiger partial charge in [0.2, 0.25) is 0 Å². The molecule has 4 aromatic rings. The van der Waals surface area contributed by atoms with Crippen LogP contribution in [0.1, 0.15) is 43.2 Å². The molecule has 0 radical (unpaired) electrons. The molecule has 0 unspecified atom stereocenters. The molecule has 0 aliphatic rings. The van der Waals surface area contributed by atoms with Gasteiger partial charge in [-0.25, -0.2) is 0 Å². The zero-order valence-corrected chi connectivity index (χ0v) is 18.5. The summed E-state index contributed by atoms with van der Waals surface area (Å²) in [7, 11) is 0. The Morgan fingerprint density at radius 1 is 0.844 bits per heavy atom. The van der Waals surface area contributed by atoms with Crippen molar-refractivity contribution in [1.82, 2.24) is 9.88 Å². The minimum Gasteiger partial charge on any atom is -0.347 e. The van der Waals surface area contributed by atoms with Gasteiger partial charge in [0.15, 0.2) is 5.78 Å². The summed E-state index contributed by atoms with van der Waals surface area (Å²) in [5.41, 5.74) is 4.29. The zero-order chi connectivity index (χ0) is 22.5. The van der Waals surface area contributed by atoms with Crippen molar-refractivity contribution >= 4 is 23.3 Å². The van der Waals surface area contributed by atoms with Gasteiger partial charge in [-0.05, 0) is 36.2 Å². The van der Waals surface area contributed by atoms with Crippen molar-refractivity contribution in [2.24, 2.45) is 0 Å². The number of carbonyl (C=O) groups excluding carboxylic acids is 2. The molecule has 0 aliphatic heterocycles. The van der Waals surface area contributed by atoms with E-state index in [1.54, 1.807) is 24.3 Å². The standard InChI is InChI=1S/C27H23ClN2O2/c1-19-24(26(31)22-12-6-3-7-13-22)16-25(30(19)18-20-9-4-2-5-10-20)27(32)29-17-21-11-8-14-23(28)15-21/h2-16H,17-18H2,1H3,(H,29,32). The van der Waals surface area contributed by atoms with E-state index in [1.165, 1.54) is 0 Å². The molecule has 0 saturated carbocycles. The molecule has 4 nitrogen and oxygen atoms in total. The van der Waals surface area contributed by atoms with Crippen molar-refractivity contribution < 1.29 is 9.59 Å². The molecule has 1 aromatic heterocycles. The van der Waals surface area contributed by atoms with Crippen molar-refractivity contribution in [3.05, 3.63) is 130 Å². The van der Waals surface area contributed by atoms with Crippen LogP contribution in [0.15, 0.2) is 91.0 Å². The lowest BCUT2D eigenvalue weighted by Gasteiger charge is -2.12. The highest BCUT2D eigenvalue weighted by Gasteiger charge is 2.22. The van der Waals surface area contributed by atoms with Crippen LogP contribution in [0.25, 0.3) is 0 Å². The summed E-state index contributed by atoms with van der Waals surface area (Å²) >= 11 is 6.06. The van der Waals surface area contributed by atoms with E-state index < -0.39 is 0 Å². The maximum Gasteiger partial charge on any atom is 0.268 e. The summed E-state index contributed by atoms with van der Waals surface area (Å²) in [6.07, 6.45) is 0. The minimum atomic E-state index is -0.240. The minimum absolute atomic E-state index is 0.0983. The summed E-state index contributed by atoms with van der Waals surface area (Å²) < 4.78 is 1.90. The van der Waals surface area contributed by atoms with E-state index in [0.29, 0.717) is 34.9 Å². The van der Waals surface area contributed by atoms with Crippen molar-refractivity contribution in [2.75, 3.05) is 0 Å². The maximum absolute atomic E-state index is 13.2. The van der Waals surface area contributed by atoms with Crippen molar-refractivity contribution in [3.8, 4) is 0 Å². The van der Waals surface area contributed by atoms with Gasteiger partial charge in [-0.3, -0.25) is 9.59 Å². The van der Waals surface area contributed by atoms with E-state index in [9.17, 15) is 9.59 Å². The first-order chi connectivity index (χ1) is 15.5. The predicted octanol–water partition coefficient (Wildman–Crippen LogP) is 5.66. The molecule has 0 atom stereocenters. The predicted molar refractivity (Wildman–Crippen MR) is 127 cm³/mol. The Labute approximate surface area is 192 Å². The van der Waals surface area contributed by atoms with Crippen molar-refractivity contribution in [2.45, 2.75) is 20.0 Å². The lowest BCUT2D eigenvalue weighted by Crippen LogP contribution is -2.26. The molecule has 160 valence electrons. The number of carbonyl (C=O) groups is 2. The van der Waals surface area contributed by atoms with Gasteiger partial charge in [0.05, 0.1) is 0 Å². The molecule has 0 bridgehead atoms. The number of nitrogens with zero attached hydrogens (tertiary/aromatic N) is 1. The smallest absolute Gasteiger partial charge is 0.268 e. The van der Waals surface area contributed by atoms with Gasteiger partial charge in [0.1, 0.15) is 5.69 Å². The highest BCUT2D eigenvalue weighted by Crippen LogP contribution is 2.21. The van der Waals surface area contributed by atoms with E-state index in [2.05, 4.69) is 5.32 Å². The molecule has 1 amide bonds. The van der Waals surface area contributed by atoms with E-state index >= 15 is 0 Å². The maximum atomic E-state index is 13.2. The van der Waals surface area contributed by atoms with Crippen LogP contribution >= 0.6 is 11.6 Å². The zero-order valence-electron chi connectivity index (χ0n) is 17.7. The summed E-state index contributed by atoms with van der Waals surface area (Å²) in [6, 6.07) is 28.1. The molecular weight excluding hydrogens is 420 g/mol. The molecular formula is C27H23ClN2O2. The number of aromatic nitrogens is 1. The summed E-state index contributed by atoms with van der Waals surface area (Å²) in [5.74, 6) is -0.338. The fraction of sp³-hybridized carbons (Fsp3) is 0.111. The molecule has 0 aliphatic carbocycles. The molecule has 0 spiro atoms. The Bertz CT molecular complexity index is 1250. The Morgan fingerprint density at radius 2 is 1.50 bits per heavy atom. The van der Waals surface area contributed by atoms with Crippen LogP contribution in [0, 0.1) is 6.92 Å². The average molecular weight is 443 g/mol. The number of hydrogen-bond donors (Lipinski definition) is 1. The lowest BCUT2D eigenvalue weighted by molar-refractivity contribution is 0.0941. The third kappa shape index (κ3) is 4.82. The summed E-state index contributed by atoms with van der Waals surface area (Å²) in [6.45, 7) is 2.72. The first kappa shape index (κ1) is 21.6. The Kier molecular flexibility index (Phi) is 6.52. The second-order valence-electron chi connectivity index (χ2n) is 7.61. The second-order valence-corrected chi connectivity index (χ2v) is 8.04. The number of ketones is 1. The first-order valence-electron chi connectivity index (χ1n) is 10.4. The van der Waals surface area contributed by atoms with Crippen molar-refractivity contribution in [1.29, 1.82) is 0 Å². The number of rotatable bonds is 7. The molecule has 1 N–H and O–H groups in total. The van der Waals surface area contributed by atoms with Crippen LogP contribution < -0.4 is 5.32 Å². The third-order valence-corrected chi connectivity index (χ3v) is 5.64. The van der Waals surface area contributed by atoms with Crippen LogP contribution in [-0.2, 0) is 13.1 Å². The molecule has 5 heteroatoms. The Balaban J connectivity index is 1.67. The monoisotopic (exact) mass is 442 g/mol. The van der Waals surface area contributed by atoms with Crippen LogP contribution in [0.3, 0.4) is 0 Å². The van der Waals surface area contributed by atoms with Gasteiger partial charge in [-0.1, -0.05) is 84.4 Å². The van der Waals surface area contributed by atoms with E-state index in [1.807, 2.05) is 78.2 Å². The number of amides is 1. The van der Waals surface area contributed by atoms with Gasteiger partial charge >= 0.3 is 0 Å². The molecule has 3 aromatic carbocycles. The molecule has 0 saturated heterocycles. The molecule has 32 heavy (non-hydrogen) atoms. The molecule has 1 heterocycles. The van der Waals surface area contributed by atoms with Gasteiger partial charge in [-0.2, -0.15) is 0 Å². The van der Waals surface area contributed by atoms with Gasteiger partial charge in [0.25, 0.3) is 5.91 Å². The highest BCUT2D eigenvalue weighted by atomic mass is 35.5. The van der Waals surface area contributed by atoms with E-state index in [-0.39, 0.29) is 11.7 Å². The quantitative estimate of drug-likeness (QED) is 0.375. The molecule has 0 fully saturated rings. The second kappa shape index (κ2) is 9.67. The lowest BCUT2D eigenvalue weighted by atomic mass is 10.0. The largest absolute Gasteiger partial charge is 0.347 e. The summed E-state index contributed by atoms with van der Waals surface area (Å²) in [4.78, 5) is 26.3. The Hall–Kier alpha value is -3.63. The third-order valence-electron chi connectivity index (χ3n) is 5.41. The number of nitrogens with one attached hydrogen (secondary N) is 1.